The van der Waals surface area contributed by atoms with Crippen molar-refractivity contribution in [3.05, 3.63) is 0 Å². The van der Waals surface area contributed by atoms with Gasteiger partial charge in [0, 0.05) is 12.2 Å². The third-order valence-corrected chi connectivity index (χ3v) is 4.97. The Bertz CT molecular complexity index is 368. The lowest BCUT2D eigenvalue weighted by molar-refractivity contribution is -0.141. The van der Waals surface area contributed by atoms with Crippen LogP contribution in [0.5, 0.6) is 0 Å². The van der Waals surface area contributed by atoms with Gasteiger partial charge in [-0.05, 0) is 18.8 Å². The van der Waals surface area contributed by atoms with E-state index in [0.29, 0.717) is 12.8 Å². The van der Waals surface area contributed by atoms with Crippen molar-refractivity contribution in [2.75, 3.05) is 12.9 Å². The molecule has 0 fully saturated rings. The molecule has 21 heavy (non-hydrogen) atoms. The van der Waals surface area contributed by atoms with Gasteiger partial charge in [0.2, 0.25) is 0 Å². The molecule has 0 aromatic rings. The van der Waals surface area contributed by atoms with E-state index in [1.807, 2.05) is 6.92 Å². The number of carbonyl (C=O) groups excluding carboxylic acids is 1. The average Bonchev–Trinajstić information content (AvgIpc) is 2.41. The summed E-state index contributed by atoms with van der Waals surface area (Å²) in [6, 6.07) is 0. The van der Waals surface area contributed by atoms with E-state index in [1.165, 1.54) is 7.11 Å². The predicted molar refractivity (Wildman–Crippen MR) is 80.2 cm³/mol. The van der Waals surface area contributed by atoms with E-state index in [0.717, 1.165) is 18.2 Å². The van der Waals surface area contributed by atoms with Gasteiger partial charge in [0.15, 0.2) is 4.21 Å². The molecule has 0 spiro atoms. The third kappa shape index (κ3) is 8.47. The molecule has 0 amide bonds. The van der Waals surface area contributed by atoms with Crippen LogP contribution in [0.3, 0.4) is 0 Å². The first-order valence-electron chi connectivity index (χ1n) is 6.60. The maximum absolute atomic E-state index is 12.2. The molecule has 2 nitrogen and oxygen atoms in total. The number of hydrogen-bond donors (Lipinski definition) is 0. The van der Waals surface area contributed by atoms with Gasteiger partial charge in [-0.2, -0.15) is 13.2 Å². The zero-order chi connectivity index (χ0) is 16.5. The first-order chi connectivity index (χ1) is 9.68. The second-order valence-electron chi connectivity index (χ2n) is 4.65. The Morgan fingerprint density at radius 1 is 1.43 bits per heavy atom. The molecule has 0 rings (SSSR count). The van der Waals surface area contributed by atoms with Gasteiger partial charge in [-0.25, -0.2) is 4.79 Å². The number of rotatable bonds is 9. The molecule has 122 valence electrons. The Balaban J connectivity index is 4.62. The fourth-order valence-electron chi connectivity index (χ4n) is 1.72. The van der Waals surface area contributed by atoms with Gasteiger partial charge in [0.25, 0.3) is 0 Å². The first kappa shape index (κ1) is 20.5. The number of alkyl halides is 4. The number of esters is 1. The summed E-state index contributed by atoms with van der Waals surface area (Å²) in [4.78, 5) is 11.8. The van der Waals surface area contributed by atoms with Crippen LogP contribution in [-0.2, 0) is 9.53 Å². The second kappa shape index (κ2) is 9.47. The largest absolute Gasteiger partial charge is 0.467 e. The van der Waals surface area contributed by atoms with E-state index in [2.05, 4.69) is 10.7 Å². The van der Waals surface area contributed by atoms with E-state index in [4.69, 9.17) is 18.0 Å². The molecule has 0 aromatic heterocycles. The lowest BCUT2D eigenvalue weighted by Crippen LogP contribution is -2.31. The summed E-state index contributed by atoms with van der Waals surface area (Å²) in [6.07, 6.45) is 2.16. The van der Waals surface area contributed by atoms with Crippen molar-refractivity contribution < 1.29 is 22.7 Å². The van der Waals surface area contributed by atoms with Crippen LogP contribution in [0.2, 0.25) is 0 Å². The number of hydrogen-bond acceptors (Lipinski definition) is 3. The van der Waals surface area contributed by atoms with Gasteiger partial charge in [0.05, 0.1) is 13.5 Å². The predicted octanol–water partition coefficient (Wildman–Crippen LogP) is 4.61. The molecule has 7 heteroatoms. The molecule has 2 atom stereocenters. The van der Waals surface area contributed by atoms with Crippen LogP contribution in [0.25, 0.3) is 0 Å². The molecule has 2 unspecified atom stereocenters. The highest BCUT2D eigenvalue weighted by Gasteiger charge is 2.39. The Hall–Kier alpha value is -0.540. The third-order valence-electron chi connectivity index (χ3n) is 3.06. The minimum atomic E-state index is -4.27. The van der Waals surface area contributed by atoms with Crippen LogP contribution < -0.4 is 0 Å². The van der Waals surface area contributed by atoms with Gasteiger partial charge < -0.3 is 4.74 Å². The van der Waals surface area contributed by atoms with Gasteiger partial charge in [-0.3, -0.25) is 0 Å². The van der Waals surface area contributed by atoms with E-state index < -0.39 is 22.8 Å². The second-order valence-corrected chi connectivity index (χ2v) is 6.92. The van der Waals surface area contributed by atoms with Crippen molar-refractivity contribution in [2.24, 2.45) is 5.92 Å². The van der Waals surface area contributed by atoms with Crippen molar-refractivity contribution in [3.8, 4) is 12.3 Å². The highest BCUT2D eigenvalue weighted by molar-refractivity contribution is 8.02. The first-order valence-corrected chi connectivity index (χ1v) is 7.96. The van der Waals surface area contributed by atoms with Crippen molar-refractivity contribution in [1.82, 2.24) is 0 Å². The summed E-state index contributed by atoms with van der Waals surface area (Å²) in [7, 11) is 1.17. The fourth-order valence-corrected chi connectivity index (χ4v) is 3.26. The van der Waals surface area contributed by atoms with E-state index in [1.54, 1.807) is 0 Å². The average molecular weight is 345 g/mol. The molecule has 0 heterocycles. The molecule has 0 saturated heterocycles. The molecule has 0 radical (unpaired) electrons. The Labute approximate surface area is 133 Å². The zero-order valence-electron chi connectivity index (χ0n) is 12.1. The van der Waals surface area contributed by atoms with Crippen LogP contribution in [0.1, 0.15) is 39.0 Å². The fraction of sp³-hybridized carbons (Fsp3) is 0.786. The normalized spacial score (nSPS) is 15.9. The standard InChI is InChI=1S/C14H20ClF3O2S/c1-4-6-11(5-2)7-8-13(15,12(19)20-3)21-10-9-14(16,17)18/h1,11H,5-10H2,2-3H3. The maximum Gasteiger partial charge on any atom is 0.389 e. The van der Waals surface area contributed by atoms with Gasteiger partial charge in [-0.15, -0.1) is 24.1 Å². The highest BCUT2D eigenvalue weighted by atomic mass is 35.5. The summed E-state index contributed by atoms with van der Waals surface area (Å²) in [6.45, 7) is 1.97. The van der Waals surface area contributed by atoms with Crippen LogP contribution >= 0.6 is 23.4 Å². The van der Waals surface area contributed by atoms with Crippen LogP contribution in [0.15, 0.2) is 0 Å². The molecule has 0 aliphatic rings. The van der Waals surface area contributed by atoms with Crippen LogP contribution in [0.4, 0.5) is 13.2 Å². The smallest absolute Gasteiger partial charge is 0.389 e. The molecule has 0 aromatic carbocycles. The minimum absolute atomic E-state index is 0.195. The Morgan fingerprint density at radius 2 is 2.05 bits per heavy atom. The highest BCUT2D eigenvalue weighted by Crippen LogP contribution is 2.39. The monoisotopic (exact) mass is 344 g/mol. The van der Waals surface area contributed by atoms with Crippen molar-refractivity contribution in [2.45, 2.75) is 49.4 Å². The summed E-state index contributed by atoms with van der Waals surface area (Å²) < 4.78 is 39.7. The summed E-state index contributed by atoms with van der Waals surface area (Å²) >= 11 is 6.96. The van der Waals surface area contributed by atoms with Crippen molar-refractivity contribution in [3.63, 3.8) is 0 Å². The molecular weight excluding hydrogens is 325 g/mol. The lowest BCUT2D eigenvalue weighted by atomic mass is 9.96. The molecule has 0 bridgehead atoms. The number of thioether (sulfide) groups is 1. The van der Waals surface area contributed by atoms with E-state index >= 15 is 0 Å². The van der Waals surface area contributed by atoms with Gasteiger partial charge >= 0.3 is 12.1 Å². The molecule has 0 saturated carbocycles. The molecular formula is C14H20ClF3O2S. The SMILES string of the molecule is C#CCC(CC)CCC(Cl)(SCCC(F)(F)F)C(=O)OC. The summed E-state index contributed by atoms with van der Waals surface area (Å²) in [5, 5.41) is 0. The van der Waals surface area contributed by atoms with Crippen LogP contribution in [-0.4, -0.2) is 29.2 Å². The summed E-state index contributed by atoms with van der Waals surface area (Å²) in [5.41, 5.74) is 0. The zero-order valence-corrected chi connectivity index (χ0v) is 13.7. The van der Waals surface area contributed by atoms with Gasteiger partial charge in [0.1, 0.15) is 0 Å². The van der Waals surface area contributed by atoms with Crippen molar-refractivity contribution >= 4 is 29.3 Å². The van der Waals surface area contributed by atoms with Gasteiger partial charge in [-0.1, -0.05) is 24.9 Å². The Morgan fingerprint density at radius 3 is 2.48 bits per heavy atom. The minimum Gasteiger partial charge on any atom is -0.467 e. The van der Waals surface area contributed by atoms with Crippen LogP contribution in [0, 0.1) is 18.3 Å². The summed E-state index contributed by atoms with van der Waals surface area (Å²) in [5.74, 6) is 1.74. The maximum atomic E-state index is 12.2. The number of carbonyl (C=O) groups is 1. The quantitative estimate of drug-likeness (QED) is 0.347. The van der Waals surface area contributed by atoms with Crippen molar-refractivity contribution in [1.29, 1.82) is 0 Å². The number of halogens is 4. The number of ether oxygens (including phenoxy) is 1. The topological polar surface area (TPSA) is 26.3 Å². The molecule has 0 N–H and O–H groups in total. The van der Waals surface area contributed by atoms with E-state index in [9.17, 15) is 18.0 Å². The number of methoxy groups -OCH3 is 1. The molecule has 0 aliphatic carbocycles. The Kier molecular flexibility index (Phi) is 9.23. The molecule has 0 aliphatic heterocycles. The number of terminal acetylenes is 1. The lowest BCUT2D eigenvalue weighted by Gasteiger charge is -2.25. The van der Waals surface area contributed by atoms with E-state index in [-0.39, 0.29) is 18.1 Å².